The number of nitro groups is 1. The lowest BCUT2D eigenvalue weighted by Gasteiger charge is -2.02. The Hall–Kier alpha value is -8.59. The minimum Gasteiger partial charge on any atom is -0.391 e. The second-order valence-corrected chi connectivity index (χ2v) is 13.3. The molecule has 15 N–H and O–H groups in total. The van der Waals surface area contributed by atoms with E-state index in [0.29, 0.717) is 31.1 Å². The largest absolute Gasteiger partial charge is 0.423 e. The second kappa shape index (κ2) is 27.7. The Balaban J connectivity index is 0.000000398. The molecule has 0 unspecified atom stereocenters. The average Bonchev–Trinajstić information content (AvgIpc) is 3.23. The fourth-order valence-electron chi connectivity index (χ4n) is 3.36. The van der Waals surface area contributed by atoms with Crippen LogP contribution in [0.5, 0.6) is 0 Å². The molecule has 0 aliphatic rings. The van der Waals surface area contributed by atoms with Gasteiger partial charge in [0.25, 0.3) is 33.4 Å². The van der Waals surface area contributed by atoms with Crippen molar-refractivity contribution in [3.05, 3.63) is 220 Å². The van der Waals surface area contributed by atoms with Crippen LogP contribution >= 0.6 is 47.0 Å². The molecule has 7 rings (SSSR count). The van der Waals surface area contributed by atoms with Crippen LogP contribution in [0.4, 0.5) is 23.2 Å². The zero-order valence-electron chi connectivity index (χ0n) is 33.1. The molecule has 0 atom stereocenters. The van der Waals surface area contributed by atoms with Crippen LogP contribution in [0.2, 0.25) is 0 Å². The molecule has 364 valence electrons. The lowest BCUT2D eigenvalue weighted by atomic mass is 10.3. The summed E-state index contributed by atoms with van der Waals surface area (Å²) in [6.45, 7) is 1.34. The smallest absolute Gasteiger partial charge is 0.391 e. The van der Waals surface area contributed by atoms with Gasteiger partial charge < -0.3 is 40.0 Å². The highest BCUT2D eigenvalue weighted by Gasteiger charge is 2.34. The first-order chi connectivity index (χ1) is 31.6. The fourth-order valence-corrected chi connectivity index (χ4v) is 3.97. The number of nitrogens with zero attached hydrogens (tertiary/aromatic N) is 1. The molecule has 0 aromatic carbocycles. The summed E-state index contributed by atoms with van der Waals surface area (Å²) in [6.07, 6.45) is 2.69. The topological polar surface area (TPSA) is 489 Å². The number of hydrogen-bond acceptors (Lipinski definition) is 17. The third-order valence-electron chi connectivity index (χ3n) is 6.43. The van der Waals surface area contributed by atoms with Crippen LogP contribution in [-0.4, -0.2) is 79.8 Å². The van der Waals surface area contributed by atoms with E-state index in [-0.39, 0.29) is 28.8 Å². The van der Waals surface area contributed by atoms with Gasteiger partial charge in [0, 0.05) is 48.8 Å². The third-order valence-corrected chi connectivity index (χ3v) is 7.67. The average molecular weight is 1120 g/mol. The number of halogens is 5. The van der Waals surface area contributed by atoms with Crippen molar-refractivity contribution in [1.82, 2.24) is 69.8 Å². The van der Waals surface area contributed by atoms with Gasteiger partial charge in [0.2, 0.25) is 5.82 Å². The van der Waals surface area contributed by atoms with Gasteiger partial charge in [-0.25, -0.2) is 24.0 Å². The van der Waals surface area contributed by atoms with E-state index in [1.165, 1.54) is 29.6 Å². The lowest BCUT2D eigenvalue weighted by molar-refractivity contribution is -0.386. The molecule has 7 aromatic rings. The molecule has 7 heterocycles. The SMILES string of the molecule is Cc1c[nH]c(=S)[nH]c1=O.O=c1[nH]cc(C(F)(F)F)c(=O)[nH]1.O=c1[nH]cc(CO)c(=O)[nH]1.O=c1[nH]cc(F)c(=O)[nH]1.O=c1[nH]cc(I)c(=O)[nH]1.O=c1[nH]cc([N+](=O)[O-])c(=O)[nH]1.O=c1cc[nH]c(=S)[nH]1. The summed E-state index contributed by atoms with van der Waals surface area (Å²) in [5, 5.41) is 18.5. The first-order valence-electron chi connectivity index (χ1n) is 16.9. The van der Waals surface area contributed by atoms with Gasteiger partial charge in [0.15, 0.2) is 9.54 Å². The highest BCUT2D eigenvalue weighted by Crippen LogP contribution is 2.24. The number of rotatable bonds is 2. The number of hydrogen-bond donors (Lipinski definition) is 15. The number of aliphatic hydroxyl groups is 1. The maximum Gasteiger partial charge on any atom is 0.423 e. The summed E-state index contributed by atoms with van der Waals surface area (Å²) in [4.78, 5) is 163. The lowest BCUT2D eigenvalue weighted by Crippen LogP contribution is -2.28. The normalized spacial score (nSPS) is 9.81. The summed E-state index contributed by atoms with van der Waals surface area (Å²) in [5.41, 5.74) is -9.41. The molecule has 0 bridgehead atoms. The Morgan fingerprint density at radius 2 is 1.06 bits per heavy atom. The van der Waals surface area contributed by atoms with Crippen LogP contribution in [0.15, 0.2) is 107 Å². The van der Waals surface area contributed by atoms with Crippen molar-refractivity contribution in [1.29, 1.82) is 0 Å². The van der Waals surface area contributed by atoms with Crippen LogP contribution < -0.4 is 67.4 Å². The molecule has 0 fully saturated rings. The number of aryl methyl sites for hydroxylation is 1. The van der Waals surface area contributed by atoms with Crippen LogP contribution in [-0.2, 0) is 12.8 Å². The van der Waals surface area contributed by atoms with Gasteiger partial charge in [0.1, 0.15) is 5.56 Å². The van der Waals surface area contributed by atoms with Gasteiger partial charge in [-0.1, -0.05) is 0 Å². The molecule has 0 saturated carbocycles. The Morgan fingerprint density at radius 1 is 0.588 bits per heavy atom. The van der Waals surface area contributed by atoms with Crippen LogP contribution in [0, 0.1) is 36.0 Å². The minimum absolute atomic E-state index is 0.126. The first-order valence-corrected chi connectivity index (χ1v) is 18.8. The molecule has 30 nitrogen and oxygen atoms in total. The number of nitrogens with one attached hydrogen (secondary N) is 14. The maximum absolute atomic E-state index is 12.0. The van der Waals surface area contributed by atoms with E-state index in [1.807, 2.05) is 37.5 Å². The molecule has 0 aliphatic carbocycles. The highest BCUT2D eigenvalue weighted by atomic mass is 127. The van der Waals surface area contributed by atoms with Crippen LogP contribution in [0.3, 0.4) is 0 Å². The Bertz CT molecular complexity index is 3490. The van der Waals surface area contributed by atoms with Crippen LogP contribution in [0.1, 0.15) is 16.7 Å². The highest BCUT2D eigenvalue weighted by molar-refractivity contribution is 14.1. The van der Waals surface area contributed by atoms with E-state index in [9.17, 15) is 85.2 Å². The van der Waals surface area contributed by atoms with Crippen molar-refractivity contribution in [3.63, 3.8) is 0 Å². The number of alkyl halides is 3. The number of H-pyrrole nitrogens is 14. The zero-order valence-corrected chi connectivity index (χ0v) is 36.9. The molecule has 0 radical (unpaired) electrons. The summed E-state index contributed by atoms with van der Waals surface area (Å²) in [7, 11) is 0. The van der Waals surface area contributed by atoms with Gasteiger partial charge in [-0.15, -0.1) is 0 Å². The van der Waals surface area contributed by atoms with E-state index in [1.54, 1.807) is 28.1 Å². The summed E-state index contributed by atoms with van der Waals surface area (Å²) >= 11 is 11.1. The van der Waals surface area contributed by atoms with Gasteiger partial charge in [-0.05, 0) is 54.0 Å². The molecule has 0 saturated heterocycles. The monoisotopic (exact) mass is 1120 g/mol. The second-order valence-electron chi connectivity index (χ2n) is 11.3. The molecule has 0 amide bonds. The molecular formula is C31H28F4IN15O15S2. The van der Waals surface area contributed by atoms with E-state index >= 15 is 0 Å². The van der Waals surface area contributed by atoms with Crippen LogP contribution in [0.25, 0.3) is 0 Å². The Kier molecular flexibility index (Phi) is 23.4. The van der Waals surface area contributed by atoms with E-state index in [0.717, 1.165) is 6.20 Å². The van der Waals surface area contributed by atoms with Crippen molar-refractivity contribution in [2.45, 2.75) is 19.7 Å². The summed E-state index contributed by atoms with van der Waals surface area (Å²) in [6, 6.07) is 1.37. The predicted molar refractivity (Wildman–Crippen MR) is 238 cm³/mol. The minimum atomic E-state index is -4.74. The van der Waals surface area contributed by atoms with Gasteiger partial charge in [0.05, 0.1) is 26.9 Å². The molecule has 0 aliphatic heterocycles. The molecule has 7 aromatic heterocycles. The maximum atomic E-state index is 12.0. The molecular weight excluding hydrogens is 1090 g/mol. The molecule has 0 spiro atoms. The van der Waals surface area contributed by atoms with Crippen molar-refractivity contribution in [2.75, 3.05) is 0 Å². The zero-order chi connectivity index (χ0) is 51.9. The van der Waals surface area contributed by atoms with E-state index in [4.69, 9.17) is 5.11 Å². The number of aromatic amines is 14. The standard InChI is InChI=1S/C5H3F3N2O2.C5H6N2O3.C5H6N2OS.C4H3FN2O2.C4H3IN2O2.C4H3N3O4.C4H4N2OS/c6-5(7,8)2-1-9-4(12)10-3(2)11;8-2-3-1-6-5(10)7-4(3)9;1-3-2-6-5(9)7-4(3)8;2*5-2-1-6-4(9)7-3(2)8;8-3-2(7(10)11)1-5-4(9)6-3;7-3-1-2-5-4(8)6-3/h1H,(H2,9,10,11,12);1,8H,2H2,(H2,6,7,9,10);2H,1H3,(H2,6,7,8,9);2*1H,(H2,6,7,8,9);1H,(H2,5,6,8,9);1-2H,(H2,5,6,7,8). The van der Waals surface area contributed by atoms with Crippen molar-refractivity contribution in [3.8, 4) is 0 Å². The summed E-state index contributed by atoms with van der Waals surface area (Å²) < 4.78 is 48.7. The summed E-state index contributed by atoms with van der Waals surface area (Å²) in [5.74, 6) is -0.991. The molecule has 37 heteroatoms. The van der Waals surface area contributed by atoms with Gasteiger partial charge >= 0.3 is 45.9 Å². The number of aromatic nitrogens is 14. The van der Waals surface area contributed by atoms with E-state index in [2.05, 4.69) is 59.3 Å². The first kappa shape index (κ1) is 57.4. The van der Waals surface area contributed by atoms with Gasteiger partial charge in [-0.3, -0.25) is 78.6 Å². The predicted octanol–water partition coefficient (Wildman–Crippen LogP) is -2.35. The van der Waals surface area contributed by atoms with Crippen molar-refractivity contribution >= 4 is 52.7 Å². The number of aliphatic hydroxyl groups excluding tert-OH is 1. The van der Waals surface area contributed by atoms with E-state index < -0.39 is 78.9 Å². The quantitative estimate of drug-likeness (QED) is 0.0283. The van der Waals surface area contributed by atoms with Gasteiger partial charge in [-0.2, -0.15) is 17.6 Å². The third kappa shape index (κ3) is 21.9. The van der Waals surface area contributed by atoms with Crippen molar-refractivity contribution < 1.29 is 27.6 Å². The Labute approximate surface area is 388 Å². The Morgan fingerprint density at radius 3 is 1.44 bits per heavy atom. The van der Waals surface area contributed by atoms with Crippen molar-refractivity contribution in [2.24, 2.45) is 0 Å². The molecule has 68 heavy (non-hydrogen) atoms. The fraction of sp³-hybridized carbons (Fsp3) is 0.0968.